The molecule has 0 radical (unpaired) electrons. The molecule has 0 bridgehead atoms. The van der Waals surface area contributed by atoms with Gasteiger partial charge in [0.05, 0.1) is 5.69 Å². The molecule has 0 aliphatic heterocycles. The van der Waals surface area contributed by atoms with E-state index in [2.05, 4.69) is 30.7 Å². The number of hydrogen-bond donors (Lipinski definition) is 1. The topological polar surface area (TPSA) is 24.9 Å². The van der Waals surface area contributed by atoms with Gasteiger partial charge in [-0.05, 0) is 32.4 Å². The first kappa shape index (κ1) is 10.9. The van der Waals surface area contributed by atoms with Gasteiger partial charge in [-0.3, -0.25) is 4.98 Å². The predicted molar refractivity (Wildman–Crippen MR) is 60.1 cm³/mol. The van der Waals surface area contributed by atoms with Gasteiger partial charge in [-0.1, -0.05) is 12.1 Å². The second-order valence-corrected chi connectivity index (χ2v) is 3.57. The van der Waals surface area contributed by atoms with Crippen LogP contribution in [0.15, 0.2) is 37.1 Å². The van der Waals surface area contributed by atoms with E-state index >= 15 is 0 Å². The third-order valence-corrected chi connectivity index (χ3v) is 2.19. The van der Waals surface area contributed by atoms with E-state index in [1.807, 2.05) is 30.5 Å². The Morgan fingerprint density at radius 1 is 1.50 bits per heavy atom. The molecule has 1 rings (SSSR count). The minimum atomic E-state index is 0.297. The Balaban J connectivity index is 2.50. The molecule has 0 amide bonds. The Morgan fingerprint density at radius 3 is 2.86 bits per heavy atom. The maximum atomic E-state index is 4.30. The molecule has 0 saturated carbocycles. The normalized spacial score (nSPS) is 14.7. The minimum Gasteiger partial charge on any atom is -0.306 e. The Bertz CT molecular complexity index is 269. The van der Waals surface area contributed by atoms with Gasteiger partial charge < -0.3 is 5.32 Å². The van der Waals surface area contributed by atoms with Gasteiger partial charge in [0, 0.05) is 18.3 Å². The molecule has 2 unspecified atom stereocenters. The summed E-state index contributed by atoms with van der Waals surface area (Å²) in [5.74, 6) is 0. The SMILES string of the molecule is C=CCC(C)NC(C)c1ccccn1. The summed E-state index contributed by atoms with van der Waals surface area (Å²) in [4.78, 5) is 4.30. The number of nitrogens with zero attached hydrogens (tertiary/aromatic N) is 1. The van der Waals surface area contributed by atoms with Crippen molar-refractivity contribution in [1.29, 1.82) is 0 Å². The van der Waals surface area contributed by atoms with Crippen LogP contribution in [0.4, 0.5) is 0 Å². The van der Waals surface area contributed by atoms with E-state index < -0.39 is 0 Å². The maximum Gasteiger partial charge on any atom is 0.0570 e. The van der Waals surface area contributed by atoms with Crippen LogP contribution in [0.1, 0.15) is 32.0 Å². The highest BCUT2D eigenvalue weighted by Gasteiger charge is 2.08. The van der Waals surface area contributed by atoms with Gasteiger partial charge in [-0.15, -0.1) is 6.58 Å². The zero-order valence-corrected chi connectivity index (χ0v) is 8.90. The number of pyridine rings is 1. The minimum absolute atomic E-state index is 0.297. The molecule has 2 atom stereocenters. The van der Waals surface area contributed by atoms with Crippen molar-refractivity contribution in [1.82, 2.24) is 10.3 Å². The second kappa shape index (κ2) is 5.55. The molecule has 0 aromatic carbocycles. The van der Waals surface area contributed by atoms with E-state index in [-0.39, 0.29) is 0 Å². The van der Waals surface area contributed by atoms with E-state index in [9.17, 15) is 0 Å². The van der Waals surface area contributed by atoms with E-state index in [0.29, 0.717) is 12.1 Å². The van der Waals surface area contributed by atoms with Crippen LogP contribution in [0, 0.1) is 0 Å². The standard InChI is InChI=1S/C12H18N2/c1-4-7-10(2)14-11(3)12-8-5-6-9-13-12/h4-6,8-11,14H,1,7H2,2-3H3. The van der Waals surface area contributed by atoms with Crippen LogP contribution >= 0.6 is 0 Å². The van der Waals surface area contributed by atoms with Crippen molar-refractivity contribution >= 4 is 0 Å². The largest absolute Gasteiger partial charge is 0.306 e. The lowest BCUT2D eigenvalue weighted by molar-refractivity contribution is 0.475. The van der Waals surface area contributed by atoms with Gasteiger partial charge in [0.1, 0.15) is 0 Å². The van der Waals surface area contributed by atoms with Crippen LogP contribution in [-0.4, -0.2) is 11.0 Å². The fourth-order valence-electron chi connectivity index (χ4n) is 1.46. The Labute approximate surface area is 86.1 Å². The fourth-order valence-corrected chi connectivity index (χ4v) is 1.46. The Morgan fingerprint density at radius 2 is 2.29 bits per heavy atom. The van der Waals surface area contributed by atoms with Crippen LogP contribution in [-0.2, 0) is 0 Å². The zero-order chi connectivity index (χ0) is 10.4. The zero-order valence-electron chi connectivity index (χ0n) is 8.90. The van der Waals surface area contributed by atoms with Crippen molar-refractivity contribution in [3.05, 3.63) is 42.7 Å². The van der Waals surface area contributed by atoms with Crippen LogP contribution in [0.5, 0.6) is 0 Å². The van der Waals surface area contributed by atoms with E-state index in [1.54, 1.807) is 0 Å². The highest BCUT2D eigenvalue weighted by atomic mass is 15.0. The molecule has 1 aromatic heterocycles. The highest BCUT2D eigenvalue weighted by molar-refractivity contribution is 5.07. The summed E-state index contributed by atoms with van der Waals surface area (Å²) in [6.45, 7) is 8.01. The van der Waals surface area contributed by atoms with Gasteiger partial charge in [0.25, 0.3) is 0 Å². The average molecular weight is 190 g/mol. The summed E-state index contributed by atoms with van der Waals surface area (Å²) in [5, 5.41) is 3.46. The highest BCUT2D eigenvalue weighted by Crippen LogP contribution is 2.09. The van der Waals surface area contributed by atoms with Gasteiger partial charge in [0.2, 0.25) is 0 Å². The van der Waals surface area contributed by atoms with Gasteiger partial charge in [-0.2, -0.15) is 0 Å². The first-order valence-corrected chi connectivity index (χ1v) is 5.02. The third kappa shape index (κ3) is 3.30. The van der Waals surface area contributed by atoms with Crippen molar-refractivity contribution in [3.8, 4) is 0 Å². The van der Waals surface area contributed by atoms with Gasteiger partial charge >= 0.3 is 0 Å². The molecule has 0 aliphatic carbocycles. The van der Waals surface area contributed by atoms with Crippen molar-refractivity contribution in [2.24, 2.45) is 0 Å². The second-order valence-electron chi connectivity index (χ2n) is 3.57. The molecular weight excluding hydrogens is 172 g/mol. The molecule has 0 aliphatic rings. The van der Waals surface area contributed by atoms with Crippen LogP contribution in [0.3, 0.4) is 0 Å². The monoisotopic (exact) mass is 190 g/mol. The van der Waals surface area contributed by atoms with E-state index in [1.165, 1.54) is 0 Å². The molecule has 76 valence electrons. The number of rotatable bonds is 5. The smallest absolute Gasteiger partial charge is 0.0570 e. The fraction of sp³-hybridized carbons (Fsp3) is 0.417. The van der Waals surface area contributed by atoms with Crippen molar-refractivity contribution < 1.29 is 0 Å². The summed E-state index contributed by atoms with van der Waals surface area (Å²) < 4.78 is 0. The van der Waals surface area contributed by atoms with Crippen LogP contribution in [0.2, 0.25) is 0 Å². The summed E-state index contributed by atoms with van der Waals surface area (Å²) in [7, 11) is 0. The lowest BCUT2D eigenvalue weighted by Crippen LogP contribution is -2.28. The molecule has 1 aromatic rings. The molecule has 14 heavy (non-hydrogen) atoms. The van der Waals surface area contributed by atoms with Crippen LogP contribution < -0.4 is 5.32 Å². The van der Waals surface area contributed by atoms with Crippen molar-refractivity contribution in [3.63, 3.8) is 0 Å². The molecular formula is C12H18N2. The predicted octanol–water partition coefficient (Wildman–Crippen LogP) is 2.70. The third-order valence-electron chi connectivity index (χ3n) is 2.19. The molecule has 0 fully saturated rings. The molecule has 2 nitrogen and oxygen atoms in total. The molecule has 0 saturated heterocycles. The Kier molecular flexibility index (Phi) is 4.33. The van der Waals surface area contributed by atoms with E-state index in [0.717, 1.165) is 12.1 Å². The van der Waals surface area contributed by atoms with Gasteiger partial charge in [-0.25, -0.2) is 0 Å². The summed E-state index contributed by atoms with van der Waals surface area (Å²) in [5.41, 5.74) is 1.09. The van der Waals surface area contributed by atoms with Gasteiger partial charge in [0.15, 0.2) is 0 Å². The van der Waals surface area contributed by atoms with Crippen LogP contribution in [0.25, 0.3) is 0 Å². The van der Waals surface area contributed by atoms with Crippen molar-refractivity contribution in [2.45, 2.75) is 32.4 Å². The lowest BCUT2D eigenvalue weighted by atomic mass is 10.1. The quantitative estimate of drug-likeness (QED) is 0.722. The number of aromatic nitrogens is 1. The molecule has 2 heteroatoms. The summed E-state index contributed by atoms with van der Waals surface area (Å²) in [6.07, 6.45) is 4.74. The molecule has 1 heterocycles. The maximum absolute atomic E-state index is 4.30. The first-order chi connectivity index (χ1) is 6.74. The average Bonchev–Trinajstić information content (AvgIpc) is 2.19. The first-order valence-electron chi connectivity index (χ1n) is 5.02. The molecule has 0 spiro atoms. The van der Waals surface area contributed by atoms with E-state index in [4.69, 9.17) is 0 Å². The summed E-state index contributed by atoms with van der Waals surface area (Å²) in [6, 6.07) is 6.73. The number of hydrogen-bond acceptors (Lipinski definition) is 2. The molecule has 1 N–H and O–H groups in total. The summed E-state index contributed by atoms with van der Waals surface area (Å²) >= 11 is 0. The van der Waals surface area contributed by atoms with Crippen molar-refractivity contribution in [2.75, 3.05) is 0 Å². The lowest BCUT2D eigenvalue weighted by Gasteiger charge is -2.18. The Hall–Kier alpha value is -1.15. The number of nitrogens with one attached hydrogen (secondary N) is 1.